The van der Waals surface area contributed by atoms with Crippen LogP contribution in [0.4, 0.5) is 11.5 Å². The van der Waals surface area contributed by atoms with Crippen LogP contribution >= 0.6 is 0 Å². The fourth-order valence-corrected chi connectivity index (χ4v) is 2.52. The number of nitrogens with two attached hydrogens (primary N) is 1. The average Bonchev–Trinajstić information content (AvgIpc) is 2.63. The molecule has 0 radical (unpaired) electrons. The van der Waals surface area contributed by atoms with Gasteiger partial charge in [-0.3, -0.25) is 10.4 Å². The Hall–Kier alpha value is -3.23. The molecule has 0 aliphatic carbocycles. The quantitative estimate of drug-likeness (QED) is 0.487. The number of hydrazine groups is 1. The van der Waals surface area contributed by atoms with Crippen LogP contribution in [0.2, 0.25) is 0 Å². The molecule has 0 unspecified atom stereocenters. The summed E-state index contributed by atoms with van der Waals surface area (Å²) in [6, 6.07) is 11.5. The summed E-state index contributed by atoms with van der Waals surface area (Å²) in [5.41, 5.74) is 5.89. The lowest BCUT2D eigenvalue weighted by Crippen LogP contribution is -2.31. The molecule has 1 aliphatic heterocycles. The average molecular weight is 350 g/mol. The van der Waals surface area contributed by atoms with Crippen LogP contribution in [0.3, 0.4) is 0 Å². The van der Waals surface area contributed by atoms with Gasteiger partial charge in [-0.1, -0.05) is 12.1 Å². The van der Waals surface area contributed by atoms with E-state index >= 15 is 0 Å². The van der Waals surface area contributed by atoms with Crippen molar-refractivity contribution in [2.24, 2.45) is 15.9 Å². The van der Waals surface area contributed by atoms with Crippen LogP contribution < -0.4 is 11.3 Å². The second kappa shape index (κ2) is 7.77. The standard InChI is InChI=1S/C18H20N7O/c1-24(2)12-13-5-7-15(8-6-13)21-11-16(22-19)17-10-14-4-3-9-20-18(14)23-25(17)26/h3-11H,12,19H2,1-2H3,(H,20,23)/q-1. The normalized spacial score (nSPS) is 14.4. The van der Waals surface area contributed by atoms with Crippen molar-refractivity contribution in [1.82, 2.24) is 15.1 Å². The summed E-state index contributed by atoms with van der Waals surface area (Å²) < 4.78 is 0. The third-order valence-electron chi connectivity index (χ3n) is 3.73. The first-order chi connectivity index (χ1) is 12.6. The molecule has 134 valence electrons. The summed E-state index contributed by atoms with van der Waals surface area (Å²) in [5, 5.41) is 16.5. The zero-order valence-electron chi connectivity index (χ0n) is 14.6. The van der Waals surface area contributed by atoms with E-state index in [1.807, 2.05) is 44.4 Å². The lowest BCUT2D eigenvalue weighted by atomic mass is 10.1. The summed E-state index contributed by atoms with van der Waals surface area (Å²) in [5.74, 6) is 5.95. The number of nitrogens with one attached hydrogen (secondary N) is 1. The number of allylic oxidation sites excluding steroid dienone is 1. The molecule has 1 aliphatic rings. The van der Waals surface area contributed by atoms with Crippen molar-refractivity contribution >= 4 is 29.5 Å². The van der Waals surface area contributed by atoms with E-state index in [4.69, 9.17) is 5.84 Å². The van der Waals surface area contributed by atoms with Gasteiger partial charge in [-0.25, -0.2) is 4.98 Å². The van der Waals surface area contributed by atoms with E-state index < -0.39 is 0 Å². The summed E-state index contributed by atoms with van der Waals surface area (Å²) in [7, 11) is 4.04. The first-order valence-corrected chi connectivity index (χ1v) is 8.03. The van der Waals surface area contributed by atoms with E-state index in [9.17, 15) is 5.21 Å². The molecule has 26 heavy (non-hydrogen) atoms. The minimum Gasteiger partial charge on any atom is -0.739 e. The first kappa shape index (κ1) is 17.6. The molecule has 1 aromatic heterocycles. The number of fused-ring (bicyclic) bond motifs is 1. The summed E-state index contributed by atoms with van der Waals surface area (Å²) in [6.07, 6.45) is 4.75. The zero-order valence-corrected chi connectivity index (χ0v) is 14.6. The zero-order chi connectivity index (χ0) is 18.5. The second-order valence-electron chi connectivity index (χ2n) is 6.05. The van der Waals surface area contributed by atoms with Gasteiger partial charge in [-0.15, -0.1) is 0 Å². The lowest BCUT2D eigenvalue weighted by molar-refractivity contribution is 0.402. The maximum atomic E-state index is 12.2. The van der Waals surface area contributed by atoms with Crippen LogP contribution in [0.25, 0.3) is 6.08 Å². The third-order valence-corrected chi connectivity index (χ3v) is 3.73. The second-order valence-corrected chi connectivity index (χ2v) is 6.05. The molecule has 2 heterocycles. The number of hydrazone groups is 1. The highest BCUT2D eigenvalue weighted by Crippen LogP contribution is 2.24. The van der Waals surface area contributed by atoms with E-state index in [0.717, 1.165) is 17.8 Å². The molecule has 0 saturated heterocycles. The molecule has 3 N–H and O–H groups in total. The Morgan fingerprint density at radius 2 is 2.08 bits per heavy atom. The third kappa shape index (κ3) is 4.05. The number of hydrogen-bond acceptors (Lipinski definition) is 8. The van der Waals surface area contributed by atoms with Gasteiger partial charge in [-0.2, -0.15) is 5.10 Å². The predicted molar refractivity (Wildman–Crippen MR) is 105 cm³/mol. The molecule has 0 atom stereocenters. The number of nitrogens with zero attached hydrogens (tertiary/aromatic N) is 5. The van der Waals surface area contributed by atoms with Gasteiger partial charge in [0.25, 0.3) is 0 Å². The number of aromatic nitrogens is 1. The van der Waals surface area contributed by atoms with Crippen molar-refractivity contribution in [3.8, 4) is 0 Å². The Labute approximate surface area is 151 Å². The van der Waals surface area contributed by atoms with Gasteiger partial charge in [0.1, 0.15) is 5.71 Å². The molecule has 0 fully saturated rings. The van der Waals surface area contributed by atoms with Crippen molar-refractivity contribution in [3.05, 3.63) is 64.6 Å². The highest BCUT2D eigenvalue weighted by molar-refractivity contribution is 6.39. The van der Waals surface area contributed by atoms with Crippen molar-refractivity contribution in [2.75, 3.05) is 19.5 Å². The number of hydrogen-bond donors (Lipinski definition) is 2. The van der Waals surface area contributed by atoms with Crippen molar-refractivity contribution in [1.29, 1.82) is 0 Å². The largest absolute Gasteiger partial charge is 0.739 e. The Morgan fingerprint density at radius 1 is 1.31 bits per heavy atom. The smallest absolute Gasteiger partial charge is 0.151 e. The summed E-state index contributed by atoms with van der Waals surface area (Å²) in [4.78, 5) is 10.6. The maximum Gasteiger partial charge on any atom is 0.151 e. The van der Waals surface area contributed by atoms with Gasteiger partial charge < -0.3 is 21.1 Å². The van der Waals surface area contributed by atoms with Gasteiger partial charge in [0.2, 0.25) is 0 Å². The molecule has 1 aromatic carbocycles. The minimum atomic E-state index is 0.263. The van der Waals surface area contributed by atoms with Crippen LogP contribution in [-0.4, -0.2) is 41.1 Å². The Balaban J connectivity index is 1.79. The Kier molecular flexibility index (Phi) is 5.26. The molecule has 0 spiro atoms. The van der Waals surface area contributed by atoms with Crippen LogP contribution in [0.1, 0.15) is 11.1 Å². The van der Waals surface area contributed by atoms with Gasteiger partial charge in [0.05, 0.1) is 17.6 Å². The van der Waals surface area contributed by atoms with Crippen LogP contribution in [0.5, 0.6) is 0 Å². The number of pyridine rings is 1. The maximum absolute atomic E-state index is 12.2. The van der Waals surface area contributed by atoms with Crippen molar-refractivity contribution < 1.29 is 0 Å². The summed E-state index contributed by atoms with van der Waals surface area (Å²) in [6.45, 7) is 0.858. The van der Waals surface area contributed by atoms with E-state index in [2.05, 4.69) is 25.4 Å². The van der Waals surface area contributed by atoms with E-state index in [1.165, 1.54) is 11.8 Å². The van der Waals surface area contributed by atoms with Crippen LogP contribution in [0.15, 0.2) is 58.4 Å². The van der Waals surface area contributed by atoms with E-state index in [-0.39, 0.29) is 11.4 Å². The van der Waals surface area contributed by atoms with Gasteiger partial charge in [0.15, 0.2) is 5.82 Å². The summed E-state index contributed by atoms with van der Waals surface area (Å²) >= 11 is 0. The Bertz CT molecular complexity index is 856. The lowest BCUT2D eigenvalue weighted by Gasteiger charge is -2.36. The topological polar surface area (TPSA) is 105 Å². The minimum absolute atomic E-state index is 0.263. The molecular formula is C18H20N7O-. The fraction of sp³-hybridized carbons (Fsp3) is 0.167. The predicted octanol–water partition coefficient (Wildman–Crippen LogP) is 2.34. The first-order valence-electron chi connectivity index (χ1n) is 8.03. The number of aliphatic imine (C=N–C) groups is 1. The van der Waals surface area contributed by atoms with Crippen LogP contribution in [0, 0.1) is 5.21 Å². The van der Waals surface area contributed by atoms with Crippen molar-refractivity contribution in [2.45, 2.75) is 6.54 Å². The number of hydroxylamine groups is 1. The van der Waals surface area contributed by atoms with Crippen LogP contribution in [-0.2, 0) is 6.54 Å². The highest BCUT2D eigenvalue weighted by Gasteiger charge is 2.15. The van der Waals surface area contributed by atoms with E-state index in [0.29, 0.717) is 11.0 Å². The molecule has 0 saturated carbocycles. The van der Waals surface area contributed by atoms with E-state index in [1.54, 1.807) is 18.3 Å². The van der Waals surface area contributed by atoms with Gasteiger partial charge in [0, 0.05) is 18.3 Å². The van der Waals surface area contributed by atoms with Crippen molar-refractivity contribution in [3.63, 3.8) is 0 Å². The fourth-order valence-electron chi connectivity index (χ4n) is 2.52. The molecule has 0 amide bonds. The molecule has 0 bridgehead atoms. The molecular weight excluding hydrogens is 330 g/mol. The number of benzene rings is 1. The Morgan fingerprint density at radius 3 is 2.77 bits per heavy atom. The molecule has 3 rings (SSSR count). The molecule has 8 heteroatoms. The van der Waals surface area contributed by atoms with Gasteiger partial charge in [-0.05, 0) is 50.0 Å². The molecule has 2 aromatic rings. The highest BCUT2D eigenvalue weighted by atomic mass is 16.5. The number of rotatable bonds is 5. The monoisotopic (exact) mass is 350 g/mol. The SMILES string of the molecule is CN(C)Cc1ccc(N=CC(=NN)C2=Cc3cccnc3NN2[O-])cc1. The number of anilines is 1. The van der Waals surface area contributed by atoms with Gasteiger partial charge >= 0.3 is 0 Å². The molecule has 8 nitrogen and oxygen atoms in total.